The van der Waals surface area contributed by atoms with Gasteiger partial charge in [-0.05, 0) is 15.9 Å². The molecule has 15 heavy (non-hydrogen) atoms. The van der Waals surface area contributed by atoms with Crippen molar-refractivity contribution in [3.8, 4) is 0 Å². The van der Waals surface area contributed by atoms with Gasteiger partial charge in [0, 0.05) is 25.9 Å². The van der Waals surface area contributed by atoms with Gasteiger partial charge in [-0.2, -0.15) is 0 Å². The summed E-state index contributed by atoms with van der Waals surface area (Å²) in [6, 6.07) is 1.74. The minimum absolute atomic E-state index is 0.116. The maximum Gasteiger partial charge on any atom is 0.149 e. The molecule has 0 spiro atoms. The number of anilines is 1. The highest BCUT2D eigenvalue weighted by atomic mass is 79.9. The van der Waals surface area contributed by atoms with Gasteiger partial charge < -0.3 is 4.90 Å². The molecule has 1 heterocycles. The molecule has 1 rings (SSSR count). The van der Waals surface area contributed by atoms with Crippen molar-refractivity contribution >= 4 is 31.6 Å². The third-order valence-corrected chi connectivity index (χ3v) is 3.17. The molecule has 84 valence electrons. The fourth-order valence-corrected chi connectivity index (χ4v) is 1.85. The number of rotatable bonds is 4. The minimum Gasteiger partial charge on any atom is -0.359 e. The largest absolute Gasteiger partial charge is 0.359 e. The van der Waals surface area contributed by atoms with Crippen LogP contribution in [0.15, 0.2) is 17.0 Å². The summed E-state index contributed by atoms with van der Waals surface area (Å²) in [6.07, 6.45) is 2.65. The van der Waals surface area contributed by atoms with Gasteiger partial charge in [0.25, 0.3) is 0 Å². The van der Waals surface area contributed by atoms with Crippen LogP contribution in [0.5, 0.6) is 0 Å². The Labute approximate surface area is 97.6 Å². The van der Waals surface area contributed by atoms with E-state index in [1.54, 1.807) is 18.0 Å². The van der Waals surface area contributed by atoms with Crippen molar-refractivity contribution in [2.24, 2.45) is 0 Å². The second kappa shape index (κ2) is 4.89. The molecule has 0 aliphatic rings. The first kappa shape index (κ1) is 12.4. The minimum atomic E-state index is -2.93. The highest BCUT2D eigenvalue weighted by molar-refractivity contribution is 9.10. The molecule has 0 aliphatic carbocycles. The van der Waals surface area contributed by atoms with Crippen LogP contribution in [0.1, 0.15) is 0 Å². The summed E-state index contributed by atoms with van der Waals surface area (Å²) >= 11 is 3.23. The fraction of sp³-hybridized carbons (Fsp3) is 0.500. The van der Waals surface area contributed by atoms with Crippen LogP contribution in [0.3, 0.4) is 0 Å². The smallest absolute Gasteiger partial charge is 0.149 e. The Hall–Kier alpha value is -0.690. The van der Waals surface area contributed by atoms with E-state index in [-0.39, 0.29) is 5.75 Å². The molecule has 1 aromatic rings. The van der Waals surface area contributed by atoms with Crippen LogP contribution in [0, 0.1) is 0 Å². The Bertz CT molecular complexity index is 435. The molecule has 0 saturated carbocycles. The maximum absolute atomic E-state index is 11.0. The van der Waals surface area contributed by atoms with E-state index in [1.807, 2.05) is 0 Å². The molecular weight excluding hydrogens is 282 g/mol. The van der Waals surface area contributed by atoms with Gasteiger partial charge in [-0.25, -0.2) is 18.4 Å². The van der Waals surface area contributed by atoms with Gasteiger partial charge in [0.05, 0.1) is 5.75 Å². The van der Waals surface area contributed by atoms with Gasteiger partial charge in [-0.3, -0.25) is 0 Å². The Morgan fingerprint density at radius 3 is 2.67 bits per heavy atom. The molecule has 1 aromatic heterocycles. The Morgan fingerprint density at radius 2 is 2.13 bits per heavy atom. The van der Waals surface area contributed by atoms with Gasteiger partial charge in [-0.15, -0.1) is 0 Å². The van der Waals surface area contributed by atoms with Gasteiger partial charge in [0.2, 0.25) is 0 Å². The Morgan fingerprint density at radius 1 is 1.47 bits per heavy atom. The lowest BCUT2D eigenvalue weighted by molar-refractivity contribution is 0.601. The SMILES string of the molecule is CN(CCS(C)(=O)=O)c1cc(Br)ncn1. The van der Waals surface area contributed by atoms with Crippen LogP contribution in [-0.2, 0) is 9.84 Å². The zero-order valence-electron chi connectivity index (χ0n) is 8.51. The summed E-state index contributed by atoms with van der Waals surface area (Å²) in [5, 5.41) is 0. The molecule has 7 heteroatoms. The first-order valence-corrected chi connectivity index (χ1v) is 7.10. The van der Waals surface area contributed by atoms with Crippen LogP contribution >= 0.6 is 15.9 Å². The van der Waals surface area contributed by atoms with E-state index >= 15 is 0 Å². The van der Waals surface area contributed by atoms with E-state index in [4.69, 9.17) is 0 Å². The standard InChI is InChI=1S/C8H12BrN3O2S/c1-12(3-4-15(2,13)14)8-5-7(9)10-6-11-8/h5-6H,3-4H2,1-2H3. The lowest BCUT2D eigenvalue weighted by Gasteiger charge is -2.16. The second-order valence-electron chi connectivity index (χ2n) is 3.25. The van der Waals surface area contributed by atoms with E-state index in [2.05, 4.69) is 25.9 Å². The zero-order chi connectivity index (χ0) is 11.5. The predicted molar refractivity (Wildman–Crippen MR) is 62.7 cm³/mol. The highest BCUT2D eigenvalue weighted by Gasteiger charge is 2.07. The Balaban J connectivity index is 2.65. The van der Waals surface area contributed by atoms with E-state index in [1.165, 1.54) is 12.6 Å². The number of sulfone groups is 1. The van der Waals surface area contributed by atoms with Crippen molar-refractivity contribution in [1.82, 2.24) is 9.97 Å². The summed E-state index contributed by atoms with van der Waals surface area (Å²) in [6.45, 7) is 0.419. The molecule has 0 atom stereocenters. The number of hydrogen-bond acceptors (Lipinski definition) is 5. The zero-order valence-corrected chi connectivity index (χ0v) is 10.9. The van der Waals surface area contributed by atoms with Crippen molar-refractivity contribution in [3.05, 3.63) is 17.0 Å². The first-order chi connectivity index (χ1) is 6.88. The van der Waals surface area contributed by atoms with Crippen LogP contribution in [0.2, 0.25) is 0 Å². The quantitative estimate of drug-likeness (QED) is 0.766. The molecule has 0 saturated heterocycles. The highest BCUT2D eigenvalue weighted by Crippen LogP contribution is 2.12. The summed E-state index contributed by atoms with van der Waals surface area (Å²) in [5.74, 6) is 0.811. The molecule has 0 amide bonds. The average molecular weight is 294 g/mol. The average Bonchev–Trinajstić information content (AvgIpc) is 2.13. The topological polar surface area (TPSA) is 63.2 Å². The van der Waals surface area contributed by atoms with Crippen molar-refractivity contribution in [2.75, 3.05) is 30.5 Å². The fourth-order valence-electron chi connectivity index (χ4n) is 0.950. The van der Waals surface area contributed by atoms with Crippen LogP contribution in [0.4, 0.5) is 5.82 Å². The summed E-state index contributed by atoms with van der Waals surface area (Å²) < 4.78 is 22.6. The van der Waals surface area contributed by atoms with E-state index in [9.17, 15) is 8.42 Å². The summed E-state index contributed by atoms with van der Waals surface area (Å²) in [7, 11) is -1.14. The van der Waals surface area contributed by atoms with Crippen molar-refractivity contribution in [1.29, 1.82) is 0 Å². The third kappa shape index (κ3) is 4.57. The molecule has 0 unspecified atom stereocenters. The van der Waals surface area contributed by atoms with Crippen molar-refractivity contribution in [3.63, 3.8) is 0 Å². The summed E-state index contributed by atoms with van der Waals surface area (Å²) in [4.78, 5) is 9.69. The van der Waals surface area contributed by atoms with Crippen LogP contribution in [0.25, 0.3) is 0 Å². The number of aromatic nitrogens is 2. The van der Waals surface area contributed by atoms with Crippen LogP contribution in [-0.4, -0.2) is 44.0 Å². The Kier molecular flexibility index (Phi) is 4.04. The van der Waals surface area contributed by atoms with Gasteiger partial charge in [0.1, 0.15) is 26.6 Å². The number of hydrogen-bond donors (Lipinski definition) is 0. The van der Waals surface area contributed by atoms with Crippen molar-refractivity contribution in [2.45, 2.75) is 0 Å². The molecular formula is C8H12BrN3O2S. The molecule has 0 aromatic carbocycles. The van der Waals surface area contributed by atoms with Crippen molar-refractivity contribution < 1.29 is 8.42 Å². The molecule has 0 N–H and O–H groups in total. The van der Waals surface area contributed by atoms with E-state index in [0.29, 0.717) is 17.0 Å². The first-order valence-electron chi connectivity index (χ1n) is 4.25. The lowest BCUT2D eigenvalue weighted by Crippen LogP contribution is -2.25. The monoisotopic (exact) mass is 293 g/mol. The normalized spacial score (nSPS) is 11.4. The molecule has 0 radical (unpaired) electrons. The number of halogens is 1. The molecule has 0 aliphatic heterocycles. The van der Waals surface area contributed by atoms with E-state index in [0.717, 1.165) is 0 Å². The lowest BCUT2D eigenvalue weighted by atomic mass is 10.5. The third-order valence-electron chi connectivity index (χ3n) is 1.81. The predicted octanol–water partition coefficient (Wildman–Crippen LogP) is 0.720. The number of nitrogens with zero attached hydrogens (tertiary/aromatic N) is 3. The second-order valence-corrected chi connectivity index (χ2v) is 6.32. The van der Waals surface area contributed by atoms with E-state index < -0.39 is 9.84 Å². The van der Waals surface area contributed by atoms with Gasteiger partial charge in [0.15, 0.2) is 0 Å². The molecule has 0 fully saturated rings. The molecule has 5 nitrogen and oxygen atoms in total. The van der Waals surface area contributed by atoms with Gasteiger partial charge in [-0.1, -0.05) is 0 Å². The maximum atomic E-state index is 11.0. The molecule has 0 bridgehead atoms. The van der Waals surface area contributed by atoms with Crippen LogP contribution < -0.4 is 4.90 Å². The summed E-state index contributed by atoms with van der Waals surface area (Å²) in [5.41, 5.74) is 0. The van der Waals surface area contributed by atoms with Gasteiger partial charge >= 0.3 is 0 Å².